The Hall–Kier alpha value is -1.08. The normalized spacial score (nSPS) is 21.7. The lowest BCUT2D eigenvalue weighted by molar-refractivity contribution is 0.123. The molecule has 0 bridgehead atoms. The molecular formula is C12H14O. The number of ether oxygens (including phenoxy) is 1. The fourth-order valence-electron chi connectivity index (χ4n) is 1.61. The Labute approximate surface area is 79.0 Å². The molecule has 1 heterocycles. The van der Waals surface area contributed by atoms with Crippen LogP contribution in [0, 0.1) is 6.92 Å². The van der Waals surface area contributed by atoms with E-state index in [4.69, 9.17) is 4.74 Å². The Kier molecular flexibility index (Phi) is 2.19. The Morgan fingerprint density at radius 2 is 1.85 bits per heavy atom. The van der Waals surface area contributed by atoms with E-state index >= 15 is 0 Å². The van der Waals surface area contributed by atoms with E-state index in [1.54, 1.807) is 0 Å². The zero-order valence-electron chi connectivity index (χ0n) is 8.08. The van der Waals surface area contributed by atoms with Gasteiger partial charge in [0.15, 0.2) is 0 Å². The summed E-state index contributed by atoms with van der Waals surface area (Å²) in [4.78, 5) is 0. The predicted molar refractivity (Wildman–Crippen MR) is 53.6 cm³/mol. The molecule has 0 spiro atoms. The van der Waals surface area contributed by atoms with Crippen LogP contribution in [0.2, 0.25) is 0 Å². The van der Waals surface area contributed by atoms with Crippen molar-refractivity contribution >= 4 is 0 Å². The van der Waals surface area contributed by atoms with Crippen molar-refractivity contribution in [3.05, 3.63) is 47.0 Å². The molecule has 0 aliphatic carbocycles. The third-order valence-electron chi connectivity index (χ3n) is 2.46. The van der Waals surface area contributed by atoms with E-state index in [2.05, 4.69) is 44.2 Å². The first kappa shape index (κ1) is 8.52. The number of hydrogen-bond donors (Lipinski definition) is 0. The van der Waals surface area contributed by atoms with Crippen LogP contribution in [-0.2, 0) is 4.74 Å². The Morgan fingerprint density at radius 3 is 2.38 bits per heavy atom. The van der Waals surface area contributed by atoms with Gasteiger partial charge in [-0.3, -0.25) is 0 Å². The van der Waals surface area contributed by atoms with Gasteiger partial charge in [-0.05, 0) is 25.0 Å². The summed E-state index contributed by atoms with van der Waals surface area (Å²) in [5.41, 5.74) is 3.88. The maximum atomic E-state index is 5.60. The van der Waals surface area contributed by atoms with Crippen LogP contribution in [-0.4, -0.2) is 6.61 Å². The van der Waals surface area contributed by atoms with Gasteiger partial charge in [0.1, 0.15) is 6.10 Å². The lowest BCUT2D eigenvalue weighted by atomic mass is 10.0. The number of rotatable bonds is 1. The second kappa shape index (κ2) is 3.35. The standard InChI is InChI=1S/C12H14O/c1-9-3-5-11(6-4-9)12-10(2)7-8-13-12/h3-7,12H,8H2,1-2H3. The molecular weight excluding hydrogens is 160 g/mol. The molecule has 0 N–H and O–H groups in total. The van der Waals surface area contributed by atoms with E-state index in [0.717, 1.165) is 6.61 Å². The van der Waals surface area contributed by atoms with Crippen molar-refractivity contribution in [1.82, 2.24) is 0 Å². The highest BCUT2D eigenvalue weighted by molar-refractivity contribution is 5.30. The minimum Gasteiger partial charge on any atom is -0.365 e. The average molecular weight is 174 g/mol. The van der Waals surface area contributed by atoms with Crippen molar-refractivity contribution in [2.45, 2.75) is 20.0 Å². The molecule has 1 heteroatoms. The summed E-state index contributed by atoms with van der Waals surface area (Å²) in [5, 5.41) is 0. The van der Waals surface area contributed by atoms with Crippen molar-refractivity contribution in [3.8, 4) is 0 Å². The van der Waals surface area contributed by atoms with Crippen LogP contribution in [0.25, 0.3) is 0 Å². The summed E-state index contributed by atoms with van der Waals surface area (Å²) in [6, 6.07) is 8.54. The SMILES string of the molecule is CC1=CCOC1c1ccc(C)cc1. The van der Waals surface area contributed by atoms with Crippen LogP contribution >= 0.6 is 0 Å². The maximum absolute atomic E-state index is 5.60. The molecule has 0 amide bonds. The molecule has 68 valence electrons. The summed E-state index contributed by atoms with van der Waals surface area (Å²) < 4.78 is 5.60. The van der Waals surface area contributed by atoms with Crippen LogP contribution in [0.3, 0.4) is 0 Å². The molecule has 13 heavy (non-hydrogen) atoms. The van der Waals surface area contributed by atoms with Gasteiger partial charge in [-0.2, -0.15) is 0 Å². The van der Waals surface area contributed by atoms with Gasteiger partial charge < -0.3 is 4.74 Å². The topological polar surface area (TPSA) is 9.23 Å². The quantitative estimate of drug-likeness (QED) is 0.595. The van der Waals surface area contributed by atoms with Crippen LogP contribution < -0.4 is 0 Å². The molecule has 1 aromatic rings. The van der Waals surface area contributed by atoms with Crippen molar-refractivity contribution < 1.29 is 4.74 Å². The summed E-state index contributed by atoms with van der Waals surface area (Å²) >= 11 is 0. The second-order valence-corrected chi connectivity index (χ2v) is 3.57. The van der Waals surface area contributed by atoms with Crippen molar-refractivity contribution in [3.63, 3.8) is 0 Å². The first-order chi connectivity index (χ1) is 6.27. The molecule has 1 unspecified atom stereocenters. The smallest absolute Gasteiger partial charge is 0.104 e. The van der Waals surface area contributed by atoms with Gasteiger partial charge in [0.2, 0.25) is 0 Å². The number of benzene rings is 1. The van der Waals surface area contributed by atoms with E-state index in [9.17, 15) is 0 Å². The molecule has 1 nitrogen and oxygen atoms in total. The van der Waals surface area contributed by atoms with E-state index in [-0.39, 0.29) is 6.10 Å². The van der Waals surface area contributed by atoms with Gasteiger partial charge in [0.25, 0.3) is 0 Å². The highest BCUT2D eigenvalue weighted by atomic mass is 16.5. The average Bonchev–Trinajstić information content (AvgIpc) is 2.53. The molecule has 1 aliphatic rings. The lowest BCUT2D eigenvalue weighted by Gasteiger charge is -2.12. The Balaban J connectivity index is 2.26. The molecule has 1 aromatic carbocycles. The fourth-order valence-corrected chi connectivity index (χ4v) is 1.61. The zero-order chi connectivity index (χ0) is 9.26. The largest absolute Gasteiger partial charge is 0.365 e. The van der Waals surface area contributed by atoms with Gasteiger partial charge in [0.05, 0.1) is 6.61 Å². The van der Waals surface area contributed by atoms with Crippen molar-refractivity contribution in [2.75, 3.05) is 6.61 Å². The Morgan fingerprint density at radius 1 is 1.15 bits per heavy atom. The summed E-state index contributed by atoms with van der Waals surface area (Å²) in [7, 11) is 0. The summed E-state index contributed by atoms with van der Waals surface area (Å²) in [6.07, 6.45) is 2.34. The molecule has 0 fully saturated rings. The third-order valence-corrected chi connectivity index (χ3v) is 2.46. The van der Waals surface area contributed by atoms with Gasteiger partial charge in [-0.15, -0.1) is 0 Å². The van der Waals surface area contributed by atoms with Gasteiger partial charge >= 0.3 is 0 Å². The van der Waals surface area contributed by atoms with Crippen LogP contribution in [0.15, 0.2) is 35.9 Å². The van der Waals surface area contributed by atoms with Crippen molar-refractivity contribution in [1.29, 1.82) is 0 Å². The minimum absolute atomic E-state index is 0.195. The monoisotopic (exact) mass is 174 g/mol. The molecule has 2 rings (SSSR count). The van der Waals surface area contributed by atoms with Crippen LogP contribution in [0.5, 0.6) is 0 Å². The number of aryl methyl sites for hydroxylation is 1. The van der Waals surface area contributed by atoms with Gasteiger partial charge in [-0.25, -0.2) is 0 Å². The molecule has 0 saturated carbocycles. The highest BCUT2D eigenvalue weighted by Crippen LogP contribution is 2.29. The summed E-state index contributed by atoms with van der Waals surface area (Å²) in [5.74, 6) is 0. The first-order valence-corrected chi connectivity index (χ1v) is 4.62. The van der Waals surface area contributed by atoms with E-state index in [1.165, 1.54) is 16.7 Å². The van der Waals surface area contributed by atoms with E-state index in [1.807, 2.05) is 0 Å². The zero-order valence-corrected chi connectivity index (χ0v) is 8.08. The van der Waals surface area contributed by atoms with E-state index < -0.39 is 0 Å². The lowest BCUT2D eigenvalue weighted by Crippen LogP contribution is -1.98. The highest BCUT2D eigenvalue weighted by Gasteiger charge is 2.17. The summed E-state index contributed by atoms with van der Waals surface area (Å²) in [6.45, 7) is 4.98. The number of hydrogen-bond acceptors (Lipinski definition) is 1. The minimum atomic E-state index is 0.195. The van der Waals surface area contributed by atoms with Crippen LogP contribution in [0.1, 0.15) is 24.2 Å². The van der Waals surface area contributed by atoms with Gasteiger partial charge in [0, 0.05) is 0 Å². The van der Waals surface area contributed by atoms with Gasteiger partial charge in [-0.1, -0.05) is 35.9 Å². The molecule has 1 atom stereocenters. The van der Waals surface area contributed by atoms with Crippen LogP contribution in [0.4, 0.5) is 0 Å². The molecule has 0 saturated heterocycles. The molecule has 0 radical (unpaired) electrons. The Bertz CT molecular complexity index is 321. The van der Waals surface area contributed by atoms with E-state index in [0.29, 0.717) is 0 Å². The molecule has 1 aliphatic heterocycles. The third kappa shape index (κ3) is 1.65. The van der Waals surface area contributed by atoms with Crippen molar-refractivity contribution in [2.24, 2.45) is 0 Å². The molecule has 0 aromatic heterocycles. The first-order valence-electron chi connectivity index (χ1n) is 4.62. The predicted octanol–water partition coefficient (Wildman–Crippen LogP) is 3.01. The second-order valence-electron chi connectivity index (χ2n) is 3.57. The maximum Gasteiger partial charge on any atom is 0.104 e. The fraction of sp³-hybridized carbons (Fsp3) is 0.333.